The fourth-order valence-electron chi connectivity index (χ4n) is 1.34. The molecule has 0 radical (unpaired) electrons. The highest BCUT2D eigenvalue weighted by atomic mass is 16.3. The van der Waals surface area contributed by atoms with Gasteiger partial charge in [-0.1, -0.05) is 19.1 Å². The molecule has 0 saturated heterocycles. The average Bonchev–Trinajstić information content (AvgIpc) is 2.27. The molecule has 4 heteroatoms. The molecule has 0 fully saturated rings. The Hall–Kier alpha value is -1.55. The van der Waals surface area contributed by atoms with Crippen LogP contribution in [-0.2, 0) is 4.79 Å². The maximum absolute atomic E-state index is 11.2. The van der Waals surface area contributed by atoms with Crippen LogP contribution in [0, 0.1) is 0 Å². The number of carbonyl (C=O) groups excluding carboxylic acids is 1. The molecule has 1 aromatic carbocycles. The Morgan fingerprint density at radius 3 is 2.56 bits per heavy atom. The average molecular weight is 223 g/mol. The van der Waals surface area contributed by atoms with E-state index in [9.17, 15) is 9.90 Å². The van der Waals surface area contributed by atoms with Crippen molar-refractivity contribution in [3.05, 3.63) is 29.8 Å². The highest BCUT2D eigenvalue weighted by Gasteiger charge is 2.08. The topological polar surface area (TPSA) is 69.6 Å². The number of phenols is 1. The zero-order chi connectivity index (χ0) is 12.0. The van der Waals surface area contributed by atoms with E-state index in [0.29, 0.717) is 12.0 Å². The summed E-state index contributed by atoms with van der Waals surface area (Å²) in [4.78, 5) is 11.2. The number of rotatable bonds is 5. The van der Waals surface area contributed by atoms with E-state index in [1.807, 2.05) is 6.92 Å². The lowest BCUT2D eigenvalue weighted by atomic mass is 10.1. The molecule has 0 saturated carbocycles. The Morgan fingerprint density at radius 2 is 2.00 bits per heavy atom. The summed E-state index contributed by atoms with van der Waals surface area (Å²) < 4.78 is 0. The number of hydrogen-bond donors (Lipinski definition) is 3. The number of aliphatic hydroxyl groups excluding tert-OH is 1. The SMILES string of the molecule is CCCC(=O)NC[C@H](O)c1ccc(O)cc1. The van der Waals surface area contributed by atoms with Crippen LogP contribution in [0.1, 0.15) is 31.4 Å². The maximum atomic E-state index is 11.2. The van der Waals surface area contributed by atoms with Crippen LogP contribution in [0.5, 0.6) is 5.75 Å². The molecule has 16 heavy (non-hydrogen) atoms. The van der Waals surface area contributed by atoms with Crippen molar-refractivity contribution < 1.29 is 15.0 Å². The number of aliphatic hydroxyl groups is 1. The van der Waals surface area contributed by atoms with Crippen molar-refractivity contribution in [1.82, 2.24) is 5.32 Å². The third-order valence-corrected chi connectivity index (χ3v) is 2.25. The Kier molecular flexibility index (Phi) is 4.79. The largest absolute Gasteiger partial charge is 0.508 e. The smallest absolute Gasteiger partial charge is 0.220 e. The first kappa shape index (κ1) is 12.5. The first-order chi connectivity index (χ1) is 7.63. The van der Waals surface area contributed by atoms with Crippen molar-refractivity contribution in [1.29, 1.82) is 0 Å². The van der Waals surface area contributed by atoms with Crippen LogP contribution >= 0.6 is 0 Å². The molecular weight excluding hydrogens is 206 g/mol. The second-order valence-corrected chi connectivity index (χ2v) is 3.66. The molecule has 0 unspecified atom stereocenters. The van der Waals surface area contributed by atoms with Gasteiger partial charge in [0, 0.05) is 13.0 Å². The fraction of sp³-hybridized carbons (Fsp3) is 0.417. The summed E-state index contributed by atoms with van der Waals surface area (Å²) in [5.41, 5.74) is 0.676. The lowest BCUT2D eigenvalue weighted by Crippen LogP contribution is -2.27. The monoisotopic (exact) mass is 223 g/mol. The van der Waals surface area contributed by atoms with Crippen LogP contribution in [0.15, 0.2) is 24.3 Å². The molecule has 4 nitrogen and oxygen atoms in total. The lowest BCUT2D eigenvalue weighted by Gasteiger charge is -2.12. The summed E-state index contributed by atoms with van der Waals surface area (Å²) in [6.07, 6.45) is 0.532. The predicted octanol–water partition coefficient (Wildman–Crippen LogP) is 1.34. The minimum Gasteiger partial charge on any atom is -0.508 e. The van der Waals surface area contributed by atoms with Crippen molar-refractivity contribution in [3.8, 4) is 5.75 Å². The lowest BCUT2D eigenvalue weighted by molar-refractivity contribution is -0.121. The van der Waals surface area contributed by atoms with Crippen molar-refractivity contribution >= 4 is 5.91 Å². The minimum atomic E-state index is -0.735. The Morgan fingerprint density at radius 1 is 1.38 bits per heavy atom. The zero-order valence-corrected chi connectivity index (χ0v) is 9.31. The third-order valence-electron chi connectivity index (χ3n) is 2.25. The van der Waals surface area contributed by atoms with E-state index in [0.717, 1.165) is 6.42 Å². The van der Waals surface area contributed by atoms with Gasteiger partial charge in [-0.25, -0.2) is 0 Å². The van der Waals surface area contributed by atoms with Gasteiger partial charge in [0.05, 0.1) is 6.10 Å². The summed E-state index contributed by atoms with van der Waals surface area (Å²) in [7, 11) is 0. The summed E-state index contributed by atoms with van der Waals surface area (Å²) in [6, 6.07) is 6.27. The van der Waals surface area contributed by atoms with Gasteiger partial charge in [-0.2, -0.15) is 0 Å². The van der Waals surface area contributed by atoms with Gasteiger partial charge >= 0.3 is 0 Å². The minimum absolute atomic E-state index is 0.0553. The number of aromatic hydroxyl groups is 1. The number of carbonyl (C=O) groups is 1. The van der Waals surface area contributed by atoms with E-state index in [2.05, 4.69) is 5.32 Å². The first-order valence-electron chi connectivity index (χ1n) is 5.37. The number of nitrogens with one attached hydrogen (secondary N) is 1. The molecule has 0 aliphatic heterocycles. The quantitative estimate of drug-likeness (QED) is 0.705. The number of amides is 1. The summed E-state index contributed by atoms with van der Waals surface area (Å²) in [5, 5.41) is 21.5. The van der Waals surface area contributed by atoms with E-state index in [1.165, 1.54) is 12.1 Å². The Labute approximate surface area is 94.9 Å². The van der Waals surface area contributed by atoms with E-state index in [4.69, 9.17) is 5.11 Å². The number of benzene rings is 1. The second-order valence-electron chi connectivity index (χ2n) is 3.66. The molecular formula is C12H17NO3. The zero-order valence-electron chi connectivity index (χ0n) is 9.31. The van der Waals surface area contributed by atoms with Crippen LogP contribution in [0.25, 0.3) is 0 Å². The molecule has 0 heterocycles. The van der Waals surface area contributed by atoms with Gasteiger partial charge in [0.1, 0.15) is 5.75 Å². The van der Waals surface area contributed by atoms with Gasteiger partial charge < -0.3 is 15.5 Å². The van der Waals surface area contributed by atoms with Crippen LogP contribution in [0.4, 0.5) is 0 Å². The molecule has 1 rings (SSSR count). The van der Waals surface area contributed by atoms with E-state index in [-0.39, 0.29) is 18.2 Å². The van der Waals surface area contributed by atoms with Crippen molar-refractivity contribution in [2.45, 2.75) is 25.9 Å². The molecule has 3 N–H and O–H groups in total. The summed E-state index contributed by atoms with van der Waals surface area (Å²) in [6.45, 7) is 2.12. The number of phenolic OH excluding ortho intramolecular Hbond substituents is 1. The normalized spacial score (nSPS) is 12.1. The standard InChI is InChI=1S/C12H17NO3/c1-2-3-12(16)13-8-11(15)9-4-6-10(14)7-5-9/h4-7,11,14-15H,2-3,8H2,1H3,(H,13,16)/t11-/m0/s1. The molecule has 0 aliphatic carbocycles. The second kappa shape index (κ2) is 6.12. The van der Waals surface area contributed by atoms with Crippen LogP contribution in [0.2, 0.25) is 0 Å². The summed E-state index contributed by atoms with van der Waals surface area (Å²) in [5.74, 6) is 0.103. The van der Waals surface area contributed by atoms with E-state index < -0.39 is 6.10 Å². The Balaban J connectivity index is 2.43. The van der Waals surface area contributed by atoms with Crippen molar-refractivity contribution in [3.63, 3.8) is 0 Å². The highest BCUT2D eigenvalue weighted by molar-refractivity contribution is 5.75. The molecule has 1 aromatic rings. The molecule has 0 bridgehead atoms. The van der Waals surface area contributed by atoms with Gasteiger partial charge in [0.2, 0.25) is 5.91 Å². The van der Waals surface area contributed by atoms with Gasteiger partial charge in [-0.3, -0.25) is 4.79 Å². The molecule has 88 valence electrons. The fourth-order valence-corrected chi connectivity index (χ4v) is 1.34. The molecule has 1 atom stereocenters. The number of hydrogen-bond acceptors (Lipinski definition) is 3. The summed E-state index contributed by atoms with van der Waals surface area (Å²) >= 11 is 0. The first-order valence-corrected chi connectivity index (χ1v) is 5.37. The molecule has 0 spiro atoms. The van der Waals surface area contributed by atoms with Crippen molar-refractivity contribution in [2.75, 3.05) is 6.54 Å². The van der Waals surface area contributed by atoms with Gasteiger partial charge in [-0.05, 0) is 24.1 Å². The highest BCUT2D eigenvalue weighted by Crippen LogP contribution is 2.15. The van der Waals surface area contributed by atoms with Crippen LogP contribution in [0.3, 0.4) is 0 Å². The van der Waals surface area contributed by atoms with Crippen LogP contribution < -0.4 is 5.32 Å². The predicted molar refractivity (Wildman–Crippen MR) is 61.0 cm³/mol. The van der Waals surface area contributed by atoms with Gasteiger partial charge in [0.25, 0.3) is 0 Å². The molecule has 0 aromatic heterocycles. The van der Waals surface area contributed by atoms with Crippen LogP contribution in [-0.4, -0.2) is 22.7 Å². The van der Waals surface area contributed by atoms with Crippen molar-refractivity contribution in [2.24, 2.45) is 0 Å². The van der Waals surface area contributed by atoms with Gasteiger partial charge in [0.15, 0.2) is 0 Å². The van der Waals surface area contributed by atoms with E-state index in [1.54, 1.807) is 12.1 Å². The third kappa shape index (κ3) is 3.90. The molecule has 0 aliphatic rings. The Bertz CT molecular complexity index is 335. The maximum Gasteiger partial charge on any atom is 0.220 e. The van der Waals surface area contributed by atoms with Gasteiger partial charge in [-0.15, -0.1) is 0 Å². The molecule has 1 amide bonds. The van der Waals surface area contributed by atoms with E-state index >= 15 is 0 Å².